The van der Waals surface area contributed by atoms with Crippen molar-refractivity contribution >= 4 is 22.6 Å². The SMILES string of the molecule is O=C1Cc2ccccc2N1.c1ncc2[nH]ncc2n1. The van der Waals surface area contributed by atoms with Crippen molar-refractivity contribution in [1.29, 1.82) is 0 Å². The van der Waals surface area contributed by atoms with Crippen molar-refractivity contribution in [3.05, 3.63) is 48.5 Å². The van der Waals surface area contributed by atoms with E-state index < -0.39 is 0 Å². The molecule has 0 aliphatic carbocycles. The Bertz CT molecular complexity index is 664. The maximum Gasteiger partial charge on any atom is 0.228 e. The Labute approximate surface area is 108 Å². The van der Waals surface area contributed by atoms with Gasteiger partial charge in [0.05, 0.1) is 18.8 Å². The molecule has 0 atom stereocenters. The van der Waals surface area contributed by atoms with Gasteiger partial charge in [0, 0.05) is 5.69 Å². The lowest BCUT2D eigenvalue weighted by atomic mass is 10.2. The number of hydrogen-bond acceptors (Lipinski definition) is 4. The van der Waals surface area contributed by atoms with Crippen LogP contribution in [0.4, 0.5) is 5.69 Å². The van der Waals surface area contributed by atoms with Crippen molar-refractivity contribution in [2.24, 2.45) is 0 Å². The average molecular weight is 253 g/mol. The van der Waals surface area contributed by atoms with E-state index in [1.807, 2.05) is 24.3 Å². The predicted molar refractivity (Wildman–Crippen MR) is 70.5 cm³/mol. The first-order valence-electron chi connectivity index (χ1n) is 5.80. The lowest BCUT2D eigenvalue weighted by Crippen LogP contribution is -2.03. The Morgan fingerprint density at radius 1 is 1.16 bits per heavy atom. The number of fused-ring (bicyclic) bond motifs is 2. The van der Waals surface area contributed by atoms with Crippen LogP contribution in [0.1, 0.15) is 5.56 Å². The number of hydrogen-bond donors (Lipinski definition) is 2. The van der Waals surface area contributed by atoms with Gasteiger partial charge in [0.15, 0.2) is 0 Å². The largest absolute Gasteiger partial charge is 0.326 e. The molecule has 1 aliphatic rings. The van der Waals surface area contributed by atoms with Gasteiger partial charge in [-0.25, -0.2) is 9.97 Å². The highest BCUT2D eigenvalue weighted by Crippen LogP contribution is 2.20. The fourth-order valence-corrected chi connectivity index (χ4v) is 1.85. The summed E-state index contributed by atoms with van der Waals surface area (Å²) in [4.78, 5) is 18.5. The highest BCUT2D eigenvalue weighted by molar-refractivity contribution is 5.98. The zero-order valence-electron chi connectivity index (χ0n) is 10.00. The van der Waals surface area contributed by atoms with Crippen LogP contribution in [0, 0.1) is 0 Å². The molecule has 94 valence electrons. The standard InChI is InChI=1S/C8H7NO.C5H4N4/c10-8-5-6-3-1-2-4-7(6)9-8;1-5-4(2-8-9-5)7-3-6-1/h1-4H,5H2,(H,9,10);1-3H,(H,8,9). The number of para-hydroxylation sites is 1. The van der Waals surface area contributed by atoms with Crippen molar-refractivity contribution in [2.75, 3.05) is 5.32 Å². The van der Waals surface area contributed by atoms with E-state index in [4.69, 9.17) is 0 Å². The molecule has 0 saturated heterocycles. The number of amides is 1. The summed E-state index contributed by atoms with van der Waals surface area (Å²) in [6.07, 6.45) is 5.39. The molecule has 0 spiro atoms. The van der Waals surface area contributed by atoms with Crippen molar-refractivity contribution in [3.8, 4) is 0 Å². The number of rotatable bonds is 0. The lowest BCUT2D eigenvalue weighted by Gasteiger charge is -1.93. The minimum absolute atomic E-state index is 0.0983. The minimum Gasteiger partial charge on any atom is -0.326 e. The zero-order chi connectivity index (χ0) is 13.1. The van der Waals surface area contributed by atoms with Crippen LogP contribution in [-0.4, -0.2) is 26.1 Å². The molecule has 0 unspecified atom stereocenters. The van der Waals surface area contributed by atoms with Gasteiger partial charge in [-0.2, -0.15) is 5.10 Å². The first-order chi connectivity index (χ1) is 9.33. The van der Waals surface area contributed by atoms with Gasteiger partial charge in [-0.3, -0.25) is 9.89 Å². The number of anilines is 1. The Kier molecular flexibility index (Phi) is 2.89. The molecule has 6 heteroatoms. The maximum atomic E-state index is 10.8. The van der Waals surface area contributed by atoms with Gasteiger partial charge in [-0.05, 0) is 11.6 Å². The first kappa shape index (κ1) is 11.3. The van der Waals surface area contributed by atoms with E-state index >= 15 is 0 Å². The monoisotopic (exact) mass is 253 g/mol. The number of aromatic amines is 1. The molecule has 6 nitrogen and oxygen atoms in total. The molecule has 0 radical (unpaired) electrons. The molecule has 19 heavy (non-hydrogen) atoms. The zero-order valence-corrected chi connectivity index (χ0v) is 10.00. The molecule has 0 fully saturated rings. The molecule has 1 aliphatic heterocycles. The number of carbonyl (C=O) groups is 1. The second-order valence-corrected chi connectivity index (χ2v) is 4.07. The Balaban J connectivity index is 0.000000117. The van der Waals surface area contributed by atoms with Gasteiger partial charge in [0.1, 0.15) is 17.4 Å². The minimum atomic E-state index is 0.0983. The third kappa shape index (κ3) is 2.42. The Hall–Kier alpha value is -2.76. The van der Waals surface area contributed by atoms with E-state index in [1.165, 1.54) is 6.33 Å². The molecule has 4 rings (SSSR count). The third-order valence-electron chi connectivity index (χ3n) is 2.76. The Morgan fingerprint density at radius 2 is 2.05 bits per heavy atom. The summed E-state index contributed by atoms with van der Waals surface area (Å²) in [5, 5.41) is 9.28. The van der Waals surface area contributed by atoms with E-state index in [9.17, 15) is 4.79 Å². The summed E-state index contributed by atoms with van der Waals surface area (Å²) >= 11 is 0. The van der Waals surface area contributed by atoms with Gasteiger partial charge in [-0.1, -0.05) is 18.2 Å². The smallest absolute Gasteiger partial charge is 0.228 e. The number of H-pyrrole nitrogens is 1. The predicted octanol–water partition coefficient (Wildman–Crippen LogP) is 1.53. The fourth-order valence-electron chi connectivity index (χ4n) is 1.85. The van der Waals surface area contributed by atoms with Crippen LogP contribution < -0.4 is 5.32 Å². The molecule has 2 aromatic heterocycles. The number of carbonyl (C=O) groups excluding carboxylic acids is 1. The topological polar surface area (TPSA) is 83.6 Å². The quantitative estimate of drug-likeness (QED) is 0.636. The number of benzene rings is 1. The number of nitrogens with one attached hydrogen (secondary N) is 2. The van der Waals surface area contributed by atoms with Crippen LogP contribution in [0.25, 0.3) is 11.0 Å². The second kappa shape index (κ2) is 4.85. The summed E-state index contributed by atoms with van der Waals surface area (Å²) in [5.74, 6) is 0.0983. The van der Waals surface area contributed by atoms with Gasteiger partial charge in [0.25, 0.3) is 0 Å². The van der Waals surface area contributed by atoms with Crippen molar-refractivity contribution < 1.29 is 4.79 Å². The fraction of sp³-hybridized carbons (Fsp3) is 0.0769. The van der Waals surface area contributed by atoms with Crippen LogP contribution in [-0.2, 0) is 11.2 Å². The molecule has 0 bridgehead atoms. The van der Waals surface area contributed by atoms with Crippen molar-refractivity contribution in [3.63, 3.8) is 0 Å². The van der Waals surface area contributed by atoms with E-state index in [1.54, 1.807) is 12.4 Å². The highest BCUT2D eigenvalue weighted by Gasteiger charge is 2.15. The van der Waals surface area contributed by atoms with Gasteiger partial charge in [-0.15, -0.1) is 0 Å². The molecular formula is C13H11N5O. The molecule has 2 N–H and O–H groups in total. The lowest BCUT2D eigenvalue weighted by molar-refractivity contribution is -0.115. The average Bonchev–Trinajstić information content (AvgIpc) is 3.03. The molecule has 3 aromatic rings. The van der Waals surface area contributed by atoms with E-state index in [0.29, 0.717) is 6.42 Å². The first-order valence-corrected chi connectivity index (χ1v) is 5.80. The van der Waals surface area contributed by atoms with Crippen LogP contribution in [0.2, 0.25) is 0 Å². The van der Waals surface area contributed by atoms with Crippen LogP contribution in [0.3, 0.4) is 0 Å². The second-order valence-electron chi connectivity index (χ2n) is 4.07. The van der Waals surface area contributed by atoms with Crippen LogP contribution in [0.15, 0.2) is 43.0 Å². The van der Waals surface area contributed by atoms with E-state index in [-0.39, 0.29) is 5.91 Å². The molecule has 3 heterocycles. The number of aromatic nitrogens is 4. The summed E-state index contributed by atoms with van der Waals surface area (Å²) in [5.41, 5.74) is 3.79. The molecule has 1 aromatic carbocycles. The van der Waals surface area contributed by atoms with E-state index in [2.05, 4.69) is 25.5 Å². The van der Waals surface area contributed by atoms with Crippen LogP contribution >= 0.6 is 0 Å². The van der Waals surface area contributed by atoms with Crippen molar-refractivity contribution in [1.82, 2.24) is 20.2 Å². The van der Waals surface area contributed by atoms with Crippen LogP contribution in [0.5, 0.6) is 0 Å². The summed E-state index contributed by atoms with van der Waals surface area (Å²) in [6.45, 7) is 0. The Morgan fingerprint density at radius 3 is 2.89 bits per heavy atom. The van der Waals surface area contributed by atoms with Gasteiger partial charge in [0.2, 0.25) is 5.91 Å². The summed E-state index contributed by atoms with van der Waals surface area (Å²) in [7, 11) is 0. The molecule has 1 amide bonds. The highest BCUT2D eigenvalue weighted by atomic mass is 16.1. The van der Waals surface area contributed by atoms with Gasteiger partial charge >= 0.3 is 0 Å². The normalized spacial score (nSPS) is 12.5. The van der Waals surface area contributed by atoms with E-state index in [0.717, 1.165) is 22.3 Å². The summed E-state index contributed by atoms with van der Waals surface area (Å²) in [6, 6.07) is 7.75. The van der Waals surface area contributed by atoms with Crippen molar-refractivity contribution in [2.45, 2.75) is 6.42 Å². The maximum absolute atomic E-state index is 10.8. The summed E-state index contributed by atoms with van der Waals surface area (Å²) < 4.78 is 0. The third-order valence-corrected chi connectivity index (χ3v) is 2.76. The molecule has 0 saturated carbocycles. The number of nitrogens with zero attached hydrogens (tertiary/aromatic N) is 3. The molecular weight excluding hydrogens is 242 g/mol. The van der Waals surface area contributed by atoms with Gasteiger partial charge < -0.3 is 5.32 Å².